The van der Waals surface area contributed by atoms with E-state index in [4.69, 9.17) is 0 Å². The second kappa shape index (κ2) is 7.55. The Kier molecular flexibility index (Phi) is 4.83. The normalized spacial score (nSPS) is 22.0. The number of nitrogens with zero attached hydrogens (tertiary/aromatic N) is 4. The van der Waals surface area contributed by atoms with Crippen LogP contribution in [0.15, 0.2) is 78.2 Å². The van der Waals surface area contributed by atoms with Crippen molar-refractivity contribution >= 4 is 15.9 Å². The molecule has 8 heteroatoms. The molecule has 4 heterocycles. The predicted molar refractivity (Wildman–Crippen MR) is 114 cm³/mol. The van der Waals surface area contributed by atoms with Crippen LogP contribution in [0.1, 0.15) is 23.1 Å². The lowest BCUT2D eigenvalue weighted by atomic mass is 9.88. The van der Waals surface area contributed by atoms with Crippen molar-refractivity contribution in [3.63, 3.8) is 0 Å². The number of likely N-dealkylation sites (tertiary alicyclic amines) is 1. The Morgan fingerprint density at radius 1 is 0.968 bits per heavy atom. The average molecular weight is 435 g/mol. The highest BCUT2D eigenvalue weighted by Gasteiger charge is 2.57. The summed E-state index contributed by atoms with van der Waals surface area (Å²) in [5, 5.41) is 0. The maximum absolute atomic E-state index is 13.5. The standard InChI is InChI=1S/C23H22N4O3S/c28-22(13-18-5-3-10-24-14-18)26-12-9-23(17-26)20-7-1-2-8-21(20)31(29,30)27(23)16-19-6-4-11-25-15-19/h1-8,10-11,14-15H,9,12-13,16-17H2. The molecule has 1 unspecified atom stereocenters. The van der Waals surface area contributed by atoms with Crippen LogP contribution in [0, 0.1) is 0 Å². The lowest BCUT2D eigenvalue weighted by Crippen LogP contribution is -2.46. The van der Waals surface area contributed by atoms with Gasteiger partial charge in [-0.2, -0.15) is 4.31 Å². The van der Waals surface area contributed by atoms with Gasteiger partial charge in [0.2, 0.25) is 15.9 Å². The third kappa shape index (κ3) is 3.32. The van der Waals surface area contributed by atoms with E-state index in [0.29, 0.717) is 24.4 Å². The molecule has 3 aromatic rings. The van der Waals surface area contributed by atoms with Gasteiger partial charge in [0.15, 0.2) is 0 Å². The molecular formula is C23H22N4O3S. The van der Waals surface area contributed by atoms with E-state index in [1.807, 2.05) is 30.3 Å². The molecule has 0 bridgehead atoms. The number of amides is 1. The van der Waals surface area contributed by atoms with Gasteiger partial charge in [-0.15, -0.1) is 0 Å². The molecule has 31 heavy (non-hydrogen) atoms. The number of carbonyl (C=O) groups excluding carboxylic acids is 1. The number of benzene rings is 1. The van der Waals surface area contributed by atoms with Crippen molar-refractivity contribution in [2.24, 2.45) is 0 Å². The van der Waals surface area contributed by atoms with E-state index >= 15 is 0 Å². The van der Waals surface area contributed by atoms with Crippen LogP contribution in [0.25, 0.3) is 0 Å². The van der Waals surface area contributed by atoms with E-state index in [1.54, 1.807) is 52.2 Å². The van der Waals surface area contributed by atoms with Crippen LogP contribution in [-0.2, 0) is 33.3 Å². The summed E-state index contributed by atoms with van der Waals surface area (Å²) in [6, 6.07) is 14.5. The Morgan fingerprint density at radius 3 is 2.39 bits per heavy atom. The molecule has 2 aromatic heterocycles. The highest BCUT2D eigenvalue weighted by molar-refractivity contribution is 7.89. The maximum atomic E-state index is 13.5. The van der Waals surface area contributed by atoms with Gasteiger partial charge in [-0.05, 0) is 41.3 Å². The minimum Gasteiger partial charge on any atom is -0.340 e. The van der Waals surface area contributed by atoms with E-state index in [2.05, 4.69) is 9.97 Å². The molecule has 1 aromatic carbocycles. The Labute approximate surface area is 181 Å². The number of sulfonamides is 1. The Bertz CT molecular complexity index is 1220. The van der Waals surface area contributed by atoms with E-state index in [0.717, 1.165) is 16.7 Å². The molecule has 1 atom stereocenters. The molecule has 1 saturated heterocycles. The first-order valence-electron chi connectivity index (χ1n) is 10.2. The molecule has 0 radical (unpaired) electrons. The fourth-order valence-corrected chi connectivity index (χ4v) is 6.72. The first kappa shape index (κ1) is 19.8. The number of hydrogen-bond acceptors (Lipinski definition) is 5. The first-order chi connectivity index (χ1) is 15.0. The third-order valence-corrected chi connectivity index (χ3v) is 8.13. The van der Waals surface area contributed by atoms with Gasteiger partial charge in [-0.25, -0.2) is 8.42 Å². The van der Waals surface area contributed by atoms with E-state index < -0.39 is 15.6 Å². The van der Waals surface area contributed by atoms with Crippen molar-refractivity contribution in [2.45, 2.75) is 29.8 Å². The highest BCUT2D eigenvalue weighted by atomic mass is 32.2. The van der Waals surface area contributed by atoms with Crippen LogP contribution >= 0.6 is 0 Å². The fraction of sp³-hybridized carbons (Fsp3) is 0.261. The van der Waals surface area contributed by atoms with Crippen LogP contribution < -0.4 is 0 Å². The summed E-state index contributed by atoms with van der Waals surface area (Å²) in [5.41, 5.74) is 1.67. The van der Waals surface area contributed by atoms with Crippen molar-refractivity contribution < 1.29 is 13.2 Å². The molecule has 2 aliphatic rings. The van der Waals surface area contributed by atoms with Gasteiger partial charge in [0.25, 0.3) is 0 Å². The summed E-state index contributed by atoms with van der Waals surface area (Å²) in [6.07, 6.45) is 7.53. The Morgan fingerprint density at radius 2 is 1.68 bits per heavy atom. The first-order valence-corrected chi connectivity index (χ1v) is 11.6. The summed E-state index contributed by atoms with van der Waals surface area (Å²) in [6.45, 7) is 1.06. The molecule has 5 rings (SSSR count). The SMILES string of the molecule is O=C(Cc1cccnc1)N1CCC2(C1)c1ccccc1S(=O)(=O)N2Cc1cccnc1. The van der Waals surface area contributed by atoms with Gasteiger partial charge in [-0.1, -0.05) is 30.3 Å². The van der Waals surface area contributed by atoms with E-state index in [9.17, 15) is 13.2 Å². The summed E-state index contributed by atoms with van der Waals surface area (Å²) >= 11 is 0. The van der Waals surface area contributed by atoms with Crippen LogP contribution in [0.3, 0.4) is 0 Å². The van der Waals surface area contributed by atoms with Gasteiger partial charge in [-0.3, -0.25) is 14.8 Å². The van der Waals surface area contributed by atoms with Crippen LogP contribution in [0.4, 0.5) is 0 Å². The summed E-state index contributed by atoms with van der Waals surface area (Å²) in [4.78, 5) is 23.3. The smallest absolute Gasteiger partial charge is 0.244 e. The predicted octanol–water partition coefficient (Wildman–Crippen LogP) is 2.35. The minimum atomic E-state index is -3.69. The van der Waals surface area contributed by atoms with Crippen molar-refractivity contribution in [2.75, 3.05) is 13.1 Å². The Balaban J connectivity index is 1.50. The lowest BCUT2D eigenvalue weighted by Gasteiger charge is -2.34. The van der Waals surface area contributed by atoms with Gasteiger partial charge in [0.05, 0.1) is 16.9 Å². The number of aromatic nitrogens is 2. The van der Waals surface area contributed by atoms with Crippen molar-refractivity contribution in [3.8, 4) is 0 Å². The van der Waals surface area contributed by atoms with Gasteiger partial charge in [0, 0.05) is 44.4 Å². The average Bonchev–Trinajstić information content (AvgIpc) is 3.31. The molecule has 158 valence electrons. The summed E-state index contributed by atoms with van der Waals surface area (Å²) in [5.74, 6) is -0.0204. The van der Waals surface area contributed by atoms with Crippen molar-refractivity contribution in [1.82, 2.24) is 19.2 Å². The number of carbonyl (C=O) groups is 1. The van der Waals surface area contributed by atoms with Gasteiger partial charge >= 0.3 is 0 Å². The topological polar surface area (TPSA) is 83.5 Å². The van der Waals surface area contributed by atoms with E-state index in [1.165, 1.54) is 0 Å². The molecule has 1 spiro atoms. The number of rotatable bonds is 4. The van der Waals surface area contributed by atoms with Gasteiger partial charge < -0.3 is 4.90 Å². The molecule has 1 amide bonds. The number of pyridine rings is 2. The highest BCUT2D eigenvalue weighted by Crippen LogP contribution is 2.50. The summed E-state index contributed by atoms with van der Waals surface area (Å²) in [7, 11) is -3.69. The molecular weight excluding hydrogens is 412 g/mol. The Hall–Kier alpha value is -3.10. The molecule has 7 nitrogen and oxygen atoms in total. The van der Waals surface area contributed by atoms with Gasteiger partial charge in [0.1, 0.15) is 0 Å². The minimum absolute atomic E-state index is 0.0204. The van der Waals surface area contributed by atoms with Crippen molar-refractivity contribution in [3.05, 3.63) is 90.0 Å². The zero-order chi connectivity index (χ0) is 21.5. The third-order valence-electron chi connectivity index (χ3n) is 6.16. The quantitative estimate of drug-likeness (QED) is 0.630. The molecule has 0 N–H and O–H groups in total. The number of hydrogen-bond donors (Lipinski definition) is 0. The monoisotopic (exact) mass is 434 g/mol. The second-order valence-corrected chi connectivity index (χ2v) is 9.83. The molecule has 2 aliphatic heterocycles. The summed E-state index contributed by atoms with van der Waals surface area (Å²) < 4.78 is 28.6. The van der Waals surface area contributed by atoms with Crippen LogP contribution in [-0.4, -0.2) is 46.6 Å². The number of fused-ring (bicyclic) bond motifs is 2. The molecule has 0 saturated carbocycles. The lowest BCUT2D eigenvalue weighted by molar-refractivity contribution is -0.129. The largest absolute Gasteiger partial charge is 0.340 e. The molecule has 0 aliphatic carbocycles. The zero-order valence-electron chi connectivity index (χ0n) is 16.9. The maximum Gasteiger partial charge on any atom is 0.244 e. The molecule has 1 fully saturated rings. The van der Waals surface area contributed by atoms with Crippen LogP contribution in [0.5, 0.6) is 0 Å². The second-order valence-electron chi connectivity index (χ2n) is 8.00. The van der Waals surface area contributed by atoms with E-state index in [-0.39, 0.29) is 18.9 Å². The van der Waals surface area contributed by atoms with Crippen LogP contribution in [0.2, 0.25) is 0 Å². The van der Waals surface area contributed by atoms with Crippen molar-refractivity contribution in [1.29, 1.82) is 0 Å². The zero-order valence-corrected chi connectivity index (χ0v) is 17.7. The fourth-order valence-electron chi connectivity index (χ4n) is 4.67.